The number of benzene rings is 7. The van der Waals surface area contributed by atoms with Crippen LogP contribution in [0.4, 0.5) is 0 Å². The van der Waals surface area contributed by atoms with Crippen molar-refractivity contribution >= 4 is 33.2 Å². The predicted octanol–water partition coefficient (Wildman–Crippen LogP) is 13.9. The third kappa shape index (κ3) is 6.61. The molecule has 1 aromatic heterocycles. The third-order valence-corrected chi connectivity index (χ3v) is 10.4. The molecule has 0 saturated carbocycles. The lowest BCUT2D eigenvalue weighted by Crippen LogP contribution is -1.97. The first-order valence-corrected chi connectivity index (χ1v) is 18.6. The Morgan fingerprint density at radius 2 is 1.21 bits per heavy atom. The second-order valence-electron chi connectivity index (χ2n) is 13.7. The Kier molecular flexibility index (Phi) is 9.36. The highest BCUT2D eigenvalue weighted by molar-refractivity contribution is 6.08. The van der Waals surface area contributed by atoms with Crippen LogP contribution in [0.3, 0.4) is 0 Å². The summed E-state index contributed by atoms with van der Waals surface area (Å²) in [6.45, 7) is 6.56. The summed E-state index contributed by atoms with van der Waals surface area (Å²) >= 11 is 0. The molecule has 2 heteroatoms. The van der Waals surface area contributed by atoms with Crippen LogP contribution < -0.4 is 5.73 Å². The summed E-state index contributed by atoms with van der Waals surface area (Å²) < 4.78 is 6.27. The Balaban J connectivity index is 1.06. The molecular formula is C51H43NO. The summed E-state index contributed by atoms with van der Waals surface area (Å²) in [7, 11) is 0. The molecular weight excluding hydrogens is 643 g/mol. The Morgan fingerprint density at radius 1 is 0.585 bits per heavy atom. The molecule has 0 radical (unpaired) electrons. The number of hydrogen-bond acceptors (Lipinski definition) is 2. The standard InChI is InChI=1S/C51H43NO/c1-4-14-38-15-6-7-20-45(38)44-23-12-22-43(34(44)3)42-19-11-18-41(32-42)37-29-27-36(28-30-37)40-17-10-16-39(31-40)35(5-2)33-49(52)48-25-13-24-47-46-21-8-9-26-50(46)53-51(47)48/h5-13,15-33H,4,14,52H2,1-3H3/b35-5+,49-33-. The number of aryl methyl sites for hydroxylation is 1. The molecule has 0 bridgehead atoms. The van der Waals surface area contributed by atoms with Crippen LogP contribution >= 0.6 is 0 Å². The number of furan rings is 1. The lowest BCUT2D eigenvalue weighted by molar-refractivity contribution is 0.667. The lowest BCUT2D eigenvalue weighted by atomic mass is 9.89. The SMILES string of the molecule is C/C=C(\C=C(/N)c1cccc2c1oc1ccccc12)c1cccc(-c2ccc(-c3cccc(-c4cccc(-c5ccccc5CCC)c4C)c3)cc2)c1. The van der Waals surface area contributed by atoms with Gasteiger partial charge in [-0.05, 0) is 117 Å². The zero-order chi connectivity index (χ0) is 36.3. The van der Waals surface area contributed by atoms with Crippen LogP contribution in [0.2, 0.25) is 0 Å². The van der Waals surface area contributed by atoms with E-state index in [9.17, 15) is 0 Å². The van der Waals surface area contributed by atoms with E-state index in [-0.39, 0.29) is 0 Å². The van der Waals surface area contributed by atoms with Gasteiger partial charge in [-0.15, -0.1) is 0 Å². The van der Waals surface area contributed by atoms with Gasteiger partial charge >= 0.3 is 0 Å². The molecule has 8 rings (SSSR count). The fraction of sp³-hybridized carbons (Fsp3) is 0.0980. The number of fused-ring (bicyclic) bond motifs is 3. The highest BCUT2D eigenvalue weighted by Crippen LogP contribution is 2.37. The first-order chi connectivity index (χ1) is 26.0. The minimum Gasteiger partial charge on any atom is -0.455 e. The minimum absolute atomic E-state index is 0.669. The highest BCUT2D eigenvalue weighted by Gasteiger charge is 2.14. The zero-order valence-electron chi connectivity index (χ0n) is 30.6. The van der Waals surface area contributed by atoms with Gasteiger partial charge in [0.1, 0.15) is 11.2 Å². The van der Waals surface area contributed by atoms with E-state index in [0.717, 1.165) is 57.0 Å². The van der Waals surface area contributed by atoms with Gasteiger partial charge in [0.2, 0.25) is 0 Å². The first kappa shape index (κ1) is 33.7. The van der Waals surface area contributed by atoms with Crippen LogP contribution in [0.5, 0.6) is 0 Å². The van der Waals surface area contributed by atoms with Gasteiger partial charge < -0.3 is 10.2 Å². The average molecular weight is 686 g/mol. The molecule has 0 amide bonds. The van der Waals surface area contributed by atoms with Crippen molar-refractivity contribution in [1.29, 1.82) is 0 Å². The van der Waals surface area contributed by atoms with Gasteiger partial charge in [0.15, 0.2) is 0 Å². The number of hydrogen-bond donors (Lipinski definition) is 1. The van der Waals surface area contributed by atoms with Crippen LogP contribution in [-0.4, -0.2) is 0 Å². The number of rotatable bonds is 9. The zero-order valence-corrected chi connectivity index (χ0v) is 30.6. The predicted molar refractivity (Wildman–Crippen MR) is 226 cm³/mol. The fourth-order valence-electron chi connectivity index (χ4n) is 7.66. The van der Waals surface area contributed by atoms with Crippen LogP contribution in [0, 0.1) is 6.92 Å². The summed E-state index contributed by atoms with van der Waals surface area (Å²) in [5, 5.41) is 2.17. The van der Waals surface area contributed by atoms with Crippen LogP contribution in [0.15, 0.2) is 174 Å². The minimum atomic E-state index is 0.669. The van der Waals surface area contributed by atoms with Gasteiger partial charge in [0, 0.05) is 22.0 Å². The second-order valence-corrected chi connectivity index (χ2v) is 13.7. The highest BCUT2D eigenvalue weighted by atomic mass is 16.3. The van der Waals surface area contributed by atoms with Crippen LogP contribution in [0.25, 0.3) is 77.7 Å². The van der Waals surface area contributed by atoms with E-state index in [1.807, 2.05) is 30.3 Å². The summed E-state index contributed by atoms with van der Waals surface area (Å²) in [4.78, 5) is 0. The van der Waals surface area contributed by atoms with Gasteiger partial charge in [0.25, 0.3) is 0 Å². The Bertz CT molecular complexity index is 2650. The third-order valence-electron chi connectivity index (χ3n) is 10.4. The van der Waals surface area contributed by atoms with Crippen molar-refractivity contribution in [2.75, 3.05) is 0 Å². The van der Waals surface area contributed by atoms with Gasteiger partial charge in [-0.1, -0.05) is 153 Å². The van der Waals surface area contributed by atoms with Gasteiger partial charge in [-0.3, -0.25) is 0 Å². The number of para-hydroxylation sites is 2. The van der Waals surface area contributed by atoms with Crippen LogP contribution in [-0.2, 0) is 6.42 Å². The van der Waals surface area contributed by atoms with Gasteiger partial charge in [0.05, 0.1) is 0 Å². The molecule has 0 unspecified atom stereocenters. The molecule has 0 spiro atoms. The van der Waals surface area contributed by atoms with Crippen molar-refractivity contribution in [2.24, 2.45) is 5.73 Å². The normalized spacial score (nSPS) is 12.1. The van der Waals surface area contributed by atoms with Crippen LogP contribution in [0.1, 0.15) is 42.5 Å². The van der Waals surface area contributed by atoms with E-state index < -0.39 is 0 Å². The monoisotopic (exact) mass is 685 g/mol. The summed E-state index contributed by atoms with van der Waals surface area (Å²) in [6.07, 6.45) is 6.38. The lowest BCUT2D eigenvalue weighted by Gasteiger charge is -2.16. The van der Waals surface area contributed by atoms with Gasteiger partial charge in [-0.25, -0.2) is 0 Å². The molecule has 0 fully saturated rings. The van der Waals surface area contributed by atoms with Crippen molar-refractivity contribution in [3.05, 3.63) is 192 Å². The summed E-state index contributed by atoms with van der Waals surface area (Å²) in [5.41, 5.74) is 24.8. The van der Waals surface area contributed by atoms with Crippen molar-refractivity contribution in [2.45, 2.75) is 33.6 Å². The van der Waals surface area contributed by atoms with E-state index >= 15 is 0 Å². The molecule has 0 aliphatic carbocycles. The van der Waals surface area contributed by atoms with E-state index in [4.69, 9.17) is 10.2 Å². The largest absolute Gasteiger partial charge is 0.455 e. The first-order valence-electron chi connectivity index (χ1n) is 18.6. The topological polar surface area (TPSA) is 39.2 Å². The average Bonchev–Trinajstić information content (AvgIpc) is 3.60. The molecule has 0 atom stereocenters. The second kappa shape index (κ2) is 14.7. The van der Waals surface area contributed by atoms with E-state index in [1.54, 1.807) is 0 Å². The Labute approximate surface area is 312 Å². The molecule has 0 saturated heterocycles. The maximum atomic E-state index is 6.78. The summed E-state index contributed by atoms with van der Waals surface area (Å²) in [5.74, 6) is 0. The van der Waals surface area contributed by atoms with E-state index in [0.29, 0.717) is 5.70 Å². The molecule has 7 aromatic carbocycles. The maximum Gasteiger partial charge on any atom is 0.144 e. The van der Waals surface area contributed by atoms with Gasteiger partial charge in [-0.2, -0.15) is 0 Å². The Hall–Kier alpha value is -6.38. The van der Waals surface area contributed by atoms with Crippen molar-refractivity contribution < 1.29 is 4.42 Å². The van der Waals surface area contributed by atoms with E-state index in [1.165, 1.54) is 50.1 Å². The fourth-order valence-corrected chi connectivity index (χ4v) is 7.66. The molecule has 1 heterocycles. The van der Waals surface area contributed by atoms with E-state index in [2.05, 4.69) is 160 Å². The van der Waals surface area contributed by atoms with Crippen molar-refractivity contribution in [3.8, 4) is 44.5 Å². The van der Waals surface area contributed by atoms with Crippen molar-refractivity contribution in [1.82, 2.24) is 0 Å². The molecule has 2 N–H and O–H groups in total. The maximum absolute atomic E-state index is 6.78. The molecule has 258 valence electrons. The smallest absolute Gasteiger partial charge is 0.144 e. The quantitative estimate of drug-likeness (QED) is 0.154. The molecule has 53 heavy (non-hydrogen) atoms. The molecule has 0 aliphatic heterocycles. The number of allylic oxidation sites excluding steroid dienone is 3. The summed E-state index contributed by atoms with van der Waals surface area (Å²) in [6, 6.07) is 56.3. The molecule has 0 aliphatic rings. The molecule has 8 aromatic rings. The molecule has 2 nitrogen and oxygen atoms in total. The van der Waals surface area contributed by atoms with Crippen molar-refractivity contribution in [3.63, 3.8) is 0 Å². The number of nitrogens with two attached hydrogens (primary N) is 1. The Morgan fingerprint density at radius 3 is 2.00 bits per heavy atom.